The third kappa shape index (κ3) is 3.11. The molecular weight excluding hydrogens is 385 g/mol. The SMILES string of the molecule is COc1ccc2c(c1)c(Cl)cc1oc(C)c(C(=O)Nc3ccc(Cl)cc3)c12. The molecule has 0 fully saturated rings. The third-order valence-electron chi connectivity index (χ3n) is 4.45. The van der Waals surface area contributed by atoms with Crippen LogP contribution in [0.4, 0.5) is 5.69 Å². The molecule has 0 aliphatic carbocycles. The summed E-state index contributed by atoms with van der Waals surface area (Å²) in [6.07, 6.45) is 0. The Kier molecular flexibility index (Phi) is 4.46. The molecule has 4 nitrogen and oxygen atoms in total. The third-order valence-corrected chi connectivity index (χ3v) is 5.02. The van der Waals surface area contributed by atoms with Gasteiger partial charge in [-0.25, -0.2) is 0 Å². The summed E-state index contributed by atoms with van der Waals surface area (Å²) in [6.45, 7) is 1.76. The highest BCUT2D eigenvalue weighted by Gasteiger charge is 2.22. The molecule has 3 aromatic carbocycles. The molecule has 0 atom stereocenters. The number of nitrogens with one attached hydrogen (secondary N) is 1. The van der Waals surface area contributed by atoms with Crippen LogP contribution in [-0.4, -0.2) is 13.0 Å². The normalized spacial score (nSPS) is 11.1. The van der Waals surface area contributed by atoms with E-state index in [1.807, 2.05) is 18.2 Å². The second-order valence-electron chi connectivity index (χ2n) is 6.14. The van der Waals surface area contributed by atoms with Crippen molar-refractivity contribution in [3.05, 3.63) is 69.9 Å². The van der Waals surface area contributed by atoms with Crippen LogP contribution in [0, 0.1) is 6.92 Å². The number of hydrogen-bond acceptors (Lipinski definition) is 3. The number of fused-ring (bicyclic) bond motifs is 3. The number of methoxy groups -OCH3 is 1. The van der Waals surface area contributed by atoms with Crippen LogP contribution in [0.2, 0.25) is 10.0 Å². The summed E-state index contributed by atoms with van der Waals surface area (Å²) in [5.74, 6) is 0.958. The maximum absolute atomic E-state index is 13.0. The molecule has 1 N–H and O–H groups in total. The fourth-order valence-electron chi connectivity index (χ4n) is 3.19. The molecule has 0 saturated heterocycles. The number of furan rings is 1. The minimum atomic E-state index is -0.256. The van der Waals surface area contributed by atoms with E-state index in [1.165, 1.54) is 0 Å². The zero-order chi connectivity index (χ0) is 19.1. The average molecular weight is 400 g/mol. The van der Waals surface area contributed by atoms with Crippen molar-refractivity contribution in [2.45, 2.75) is 6.92 Å². The Morgan fingerprint density at radius 3 is 2.48 bits per heavy atom. The van der Waals surface area contributed by atoms with Crippen molar-refractivity contribution in [1.29, 1.82) is 0 Å². The van der Waals surface area contributed by atoms with Gasteiger partial charge >= 0.3 is 0 Å². The van der Waals surface area contributed by atoms with E-state index in [0.717, 1.165) is 16.2 Å². The van der Waals surface area contributed by atoms with Gasteiger partial charge < -0.3 is 14.5 Å². The lowest BCUT2D eigenvalue weighted by Gasteiger charge is -2.08. The van der Waals surface area contributed by atoms with Crippen molar-refractivity contribution >= 4 is 56.5 Å². The predicted octanol–water partition coefficient (Wildman–Crippen LogP) is 6.46. The molecule has 0 spiro atoms. The van der Waals surface area contributed by atoms with E-state index in [-0.39, 0.29) is 5.91 Å². The molecule has 1 heterocycles. The summed E-state index contributed by atoms with van der Waals surface area (Å²) < 4.78 is 11.1. The molecule has 27 heavy (non-hydrogen) atoms. The minimum absolute atomic E-state index is 0.256. The summed E-state index contributed by atoms with van der Waals surface area (Å²) in [6, 6.07) is 14.2. The number of benzene rings is 3. The Hall–Kier alpha value is -2.69. The molecule has 4 rings (SSSR count). The van der Waals surface area contributed by atoms with Gasteiger partial charge in [-0.1, -0.05) is 23.2 Å². The first kappa shape index (κ1) is 17.7. The second-order valence-corrected chi connectivity index (χ2v) is 6.98. The molecule has 1 amide bonds. The van der Waals surface area contributed by atoms with E-state index >= 15 is 0 Å². The summed E-state index contributed by atoms with van der Waals surface area (Å²) in [4.78, 5) is 13.0. The van der Waals surface area contributed by atoms with Gasteiger partial charge in [0.1, 0.15) is 17.1 Å². The zero-order valence-electron chi connectivity index (χ0n) is 14.6. The number of hydrogen-bond donors (Lipinski definition) is 1. The number of rotatable bonds is 3. The maximum atomic E-state index is 13.0. The van der Waals surface area contributed by atoms with Crippen LogP contribution in [0.25, 0.3) is 21.7 Å². The fourth-order valence-corrected chi connectivity index (χ4v) is 3.58. The summed E-state index contributed by atoms with van der Waals surface area (Å²) in [7, 11) is 1.60. The van der Waals surface area contributed by atoms with Crippen molar-refractivity contribution in [3.8, 4) is 5.75 Å². The monoisotopic (exact) mass is 399 g/mol. The van der Waals surface area contributed by atoms with Gasteiger partial charge in [0.2, 0.25) is 0 Å². The van der Waals surface area contributed by atoms with Crippen LogP contribution in [0.3, 0.4) is 0 Å². The number of anilines is 1. The van der Waals surface area contributed by atoms with Crippen LogP contribution in [-0.2, 0) is 0 Å². The zero-order valence-corrected chi connectivity index (χ0v) is 16.1. The quantitative estimate of drug-likeness (QED) is 0.429. The second kappa shape index (κ2) is 6.80. The summed E-state index contributed by atoms with van der Waals surface area (Å²) in [5.41, 5.74) is 1.70. The number of ether oxygens (including phenoxy) is 1. The van der Waals surface area contributed by atoms with Crippen LogP contribution in [0.5, 0.6) is 5.75 Å². The Balaban J connectivity index is 1.89. The lowest BCUT2D eigenvalue weighted by atomic mass is 10.0. The minimum Gasteiger partial charge on any atom is -0.497 e. The van der Waals surface area contributed by atoms with Crippen LogP contribution in [0.1, 0.15) is 16.1 Å². The Morgan fingerprint density at radius 1 is 1.04 bits per heavy atom. The number of carbonyl (C=O) groups is 1. The topological polar surface area (TPSA) is 51.5 Å². The van der Waals surface area contributed by atoms with Gasteiger partial charge in [-0.2, -0.15) is 0 Å². The summed E-state index contributed by atoms with van der Waals surface area (Å²) >= 11 is 12.3. The lowest BCUT2D eigenvalue weighted by molar-refractivity contribution is 0.102. The van der Waals surface area contributed by atoms with E-state index in [2.05, 4.69) is 5.32 Å². The number of halogens is 2. The highest BCUT2D eigenvalue weighted by Crippen LogP contribution is 2.38. The van der Waals surface area contributed by atoms with E-state index in [9.17, 15) is 4.79 Å². The predicted molar refractivity (Wildman–Crippen MR) is 109 cm³/mol. The molecule has 4 aromatic rings. The van der Waals surface area contributed by atoms with Gasteiger partial charge in [-0.15, -0.1) is 0 Å². The molecular formula is C21H15Cl2NO3. The van der Waals surface area contributed by atoms with Crippen molar-refractivity contribution in [2.75, 3.05) is 12.4 Å². The van der Waals surface area contributed by atoms with Crippen LogP contribution in [0.15, 0.2) is 52.9 Å². The molecule has 0 radical (unpaired) electrons. The van der Waals surface area contributed by atoms with Crippen molar-refractivity contribution in [2.24, 2.45) is 0 Å². The molecule has 6 heteroatoms. The van der Waals surface area contributed by atoms with E-state index in [4.69, 9.17) is 32.4 Å². The highest BCUT2D eigenvalue weighted by atomic mass is 35.5. The van der Waals surface area contributed by atoms with Gasteiger partial charge in [0.15, 0.2) is 0 Å². The summed E-state index contributed by atoms with van der Waals surface area (Å²) in [5, 5.41) is 6.38. The Bertz CT molecular complexity index is 1180. The smallest absolute Gasteiger partial charge is 0.259 e. The fraction of sp³-hybridized carbons (Fsp3) is 0.0952. The molecule has 1 aromatic heterocycles. The largest absolute Gasteiger partial charge is 0.497 e. The number of aryl methyl sites for hydroxylation is 1. The first-order valence-electron chi connectivity index (χ1n) is 8.24. The van der Waals surface area contributed by atoms with Crippen molar-refractivity contribution in [1.82, 2.24) is 0 Å². The van der Waals surface area contributed by atoms with E-state index < -0.39 is 0 Å². The Morgan fingerprint density at radius 2 is 1.78 bits per heavy atom. The van der Waals surface area contributed by atoms with Gasteiger partial charge in [-0.3, -0.25) is 4.79 Å². The van der Waals surface area contributed by atoms with Crippen LogP contribution >= 0.6 is 23.2 Å². The average Bonchev–Trinajstić information content (AvgIpc) is 2.99. The number of carbonyl (C=O) groups excluding carboxylic acids is 1. The molecule has 0 aliphatic rings. The molecule has 0 unspecified atom stereocenters. The maximum Gasteiger partial charge on any atom is 0.259 e. The molecule has 136 valence electrons. The molecule has 0 aliphatic heterocycles. The van der Waals surface area contributed by atoms with Gasteiger partial charge in [0.05, 0.1) is 17.7 Å². The Labute approximate surface area is 165 Å². The van der Waals surface area contributed by atoms with E-state index in [0.29, 0.717) is 38.4 Å². The molecule has 0 saturated carbocycles. The number of amides is 1. The van der Waals surface area contributed by atoms with Crippen LogP contribution < -0.4 is 10.1 Å². The van der Waals surface area contributed by atoms with Gasteiger partial charge in [-0.05, 0) is 54.8 Å². The van der Waals surface area contributed by atoms with Gasteiger partial charge in [0.25, 0.3) is 5.91 Å². The van der Waals surface area contributed by atoms with Gasteiger partial charge in [0, 0.05) is 27.5 Å². The van der Waals surface area contributed by atoms with E-state index in [1.54, 1.807) is 44.4 Å². The molecule has 0 bridgehead atoms. The first-order chi connectivity index (χ1) is 13.0. The highest BCUT2D eigenvalue weighted by molar-refractivity contribution is 6.38. The lowest BCUT2D eigenvalue weighted by Crippen LogP contribution is -2.12. The first-order valence-corrected chi connectivity index (χ1v) is 9.00. The van der Waals surface area contributed by atoms with Crippen molar-refractivity contribution < 1.29 is 13.9 Å². The standard InChI is InChI=1S/C21H15Cl2NO3/c1-11-19(21(25)24-13-5-3-12(22)4-6-13)20-15-8-7-14(26-2)9-16(15)17(23)10-18(20)27-11/h3-10H,1-2H3,(H,24,25). The van der Waals surface area contributed by atoms with Crippen molar-refractivity contribution in [3.63, 3.8) is 0 Å².